The van der Waals surface area contributed by atoms with Gasteiger partial charge >= 0.3 is 6.36 Å². The van der Waals surface area contributed by atoms with Crippen molar-refractivity contribution in [1.82, 2.24) is 5.32 Å². The average Bonchev–Trinajstić information content (AvgIpc) is 2.43. The van der Waals surface area contributed by atoms with Crippen LogP contribution in [-0.4, -0.2) is 24.7 Å². The van der Waals surface area contributed by atoms with Crippen molar-refractivity contribution in [3.8, 4) is 5.75 Å². The van der Waals surface area contributed by atoms with E-state index in [1.807, 2.05) is 0 Å². The quantitative estimate of drug-likeness (QED) is 0.775. The third-order valence-corrected chi connectivity index (χ3v) is 2.92. The van der Waals surface area contributed by atoms with Gasteiger partial charge in [0.25, 0.3) is 0 Å². The lowest BCUT2D eigenvalue weighted by atomic mass is 9.96. The first-order valence-electron chi connectivity index (χ1n) is 7.41. The fourth-order valence-electron chi connectivity index (χ4n) is 1.68. The first kappa shape index (κ1) is 19.8. The van der Waals surface area contributed by atoms with Crippen LogP contribution in [-0.2, 0) is 9.59 Å². The number of nitrogens with one attached hydrogen (secondary N) is 2. The van der Waals surface area contributed by atoms with Crippen LogP contribution in [0.4, 0.5) is 18.9 Å². The number of anilines is 1. The van der Waals surface area contributed by atoms with Crippen LogP contribution < -0.4 is 15.4 Å². The molecule has 0 fully saturated rings. The van der Waals surface area contributed by atoms with E-state index in [1.54, 1.807) is 20.8 Å². The molecule has 1 rings (SSSR count). The Morgan fingerprint density at radius 1 is 1.08 bits per heavy atom. The van der Waals surface area contributed by atoms with Crippen LogP contribution in [0.2, 0.25) is 0 Å². The molecule has 8 heteroatoms. The summed E-state index contributed by atoms with van der Waals surface area (Å²) in [5.74, 6) is -0.738. The van der Waals surface area contributed by atoms with E-state index in [-0.39, 0.29) is 24.0 Å². The fraction of sp³-hybridized carbons (Fsp3) is 0.500. The molecule has 0 bridgehead atoms. The minimum atomic E-state index is -4.75. The second-order valence-corrected chi connectivity index (χ2v) is 6.23. The zero-order valence-electron chi connectivity index (χ0n) is 13.8. The predicted octanol–water partition coefficient (Wildman–Crippen LogP) is 3.47. The van der Waals surface area contributed by atoms with E-state index in [4.69, 9.17) is 0 Å². The third kappa shape index (κ3) is 7.85. The van der Waals surface area contributed by atoms with Gasteiger partial charge in [-0.3, -0.25) is 9.59 Å². The molecule has 24 heavy (non-hydrogen) atoms. The van der Waals surface area contributed by atoms with Gasteiger partial charge in [-0.25, -0.2) is 0 Å². The van der Waals surface area contributed by atoms with E-state index in [0.29, 0.717) is 18.7 Å². The summed E-state index contributed by atoms with van der Waals surface area (Å²) in [6.07, 6.45) is -4.10. The summed E-state index contributed by atoms with van der Waals surface area (Å²) < 4.78 is 39.8. The van der Waals surface area contributed by atoms with Crippen LogP contribution in [0.25, 0.3) is 0 Å². The van der Waals surface area contributed by atoms with Crippen LogP contribution >= 0.6 is 0 Å². The van der Waals surface area contributed by atoms with E-state index in [9.17, 15) is 22.8 Å². The second kappa shape index (κ2) is 8.03. The van der Waals surface area contributed by atoms with Crippen LogP contribution in [0.15, 0.2) is 24.3 Å². The Bertz CT molecular complexity index is 563. The summed E-state index contributed by atoms with van der Waals surface area (Å²) >= 11 is 0. The van der Waals surface area contributed by atoms with Gasteiger partial charge in [0.15, 0.2) is 0 Å². The Balaban J connectivity index is 2.34. The van der Waals surface area contributed by atoms with E-state index < -0.39 is 11.8 Å². The molecule has 0 aliphatic rings. The lowest BCUT2D eigenvalue weighted by Crippen LogP contribution is -2.35. The Kier molecular flexibility index (Phi) is 6.62. The van der Waals surface area contributed by atoms with Gasteiger partial charge < -0.3 is 15.4 Å². The standard InChI is InChI=1S/C16H21F3N2O3/c1-15(2,3)14(23)20-10-4-5-13(22)21-11-6-8-12(9-7-11)24-16(17,18)19/h6-9H,4-5,10H2,1-3H3,(H,20,23)(H,21,22). The summed E-state index contributed by atoms with van der Waals surface area (Å²) in [5, 5.41) is 5.29. The number of alkyl halides is 3. The normalized spacial score (nSPS) is 11.8. The van der Waals surface area contributed by atoms with Gasteiger partial charge in [-0.2, -0.15) is 0 Å². The van der Waals surface area contributed by atoms with E-state index >= 15 is 0 Å². The maximum Gasteiger partial charge on any atom is 0.573 e. The van der Waals surface area contributed by atoms with Gasteiger partial charge in [0, 0.05) is 24.1 Å². The number of hydrogen-bond donors (Lipinski definition) is 2. The van der Waals surface area contributed by atoms with Crippen molar-refractivity contribution in [2.24, 2.45) is 5.41 Å². The number of carbonyl (C=O) groups excluding carboxylic acids is 2. The SMILES string of the molecule is CC(C)(C)C(=O)NCCCC(=O)Nc1ccc(OC(F)(F)F)cc1. The summed E-state index contributed by atoms with van der Waals surface area (Å²) in [6.45, 7) is 5.76. The maximum atomic E-state index is 12.0. The molecular formula is C16H21F3N2O3. The highest BCUT2D eigenvalue weighted by atomic mass is 19.4. The Morgan fingerprint density at radius 2 is 1.67 bits per heavy atom. The van der Waals surface area contributed by atoms with Crippen molar-refractivity contribution >= 4 is 17.5 Å². The zero-order valence-corrected chi connectivity index (χ0v) is 13.8. The molecule has 2 N–H and O–H groups in total. The highest BCUT2D eigenvalue weighted by molar-refractivity contribution is 5.90. The molecule has 2 amide bonds. The van der Waals surface area contributed by atoms with Crippen molar-refractivity contribution in [3.63, 3.8) is 0 Å². The van der Waals surface area contributed by atoms with Gasteiger partial charge in [-0.1, -0.05) is 20.8 Å². The lowest BCUT2D eigenvalue weighted by Gasteiger charge is -2.17. The van der Waals surface area contributed by atoms with Crippen molar-refractivity contribution in [1.29, 1.82) is 0 Å². The monoisotopic (exact) mass is 346 g/mol. The van der Waals surface area contributed by atoms with E-state index in [2.05, 4.69) is 15.4 Å². The molecular weight excluding hydrogens is 325 g/mol. The molecule has 0 atom stereocenters. The molecule has 0 saturated heterocycles. The number of carbonyl (C=O) groups is 2. The van der Waals surface area contributed by atoms with Gasteiger partial charge in [-0.05, 0) is 30.7 Å². The molecule has 1 aromatic carbocycles. The lowest BCUT2D eigenvalue weighted by molar-refractivity contribution is -0.274. The first-order valence-corrected chi connectivity index (χ1v) is 7.41. The Hall–Kier alpha value is -2.25. The molecule has 0 spiro atoms. The highest BCUT2D eigenvalue weighted by Crippen LogP contribution is 2.24. The average molecular weight is 346 g/mol. The highest BCUT2D eigenvalue weighted by Gasteiger charge is 2.30. The third-order valence-electron chi connectivity index (χ3n) is 2.92. The van der Waals surface area contributed by atoms with Gasteiger partial charge in [-0.15, -0.1) is 13.2 Å². The van der Waals surface area contributed by atoms with E-state index in [0.717, 1.165) is 12.1 Å². The molecule has 0 unspecified atom stereocenters. The zero-order chi connectivity index (χ0) is 18.4. The maximum absolute atomic E-state index is 12.0. The summed E-state index contributed by atoms with van der Waals surface area (Å²) in [4.78, 5) is 23.4. The van der Waals surface area contributed by atoms with E-state index in [1.165, 1.54) is 12.1 Å². The molecule has 0 aromatic heterocycles. The van der Waals surface area contributed by atoms with Crippen molar-refractivity contribution in [2.45, 2.75) is 40.0 Å². The number of rotatable bonds is 6. The van der Waals surface area contributed by atoms with Crippen LogP contribution in [0, 0.1) is 5.41 Å². The largest absolute Gasteiger partial charge is 0.573 e. The molecule has 0 saturated carbocycles. The van der Waals surface area contributed by atoms with Crippen molar-refractivity contribution < 1.29 is 27.5 Å². The first-order chi connectivity index (χ1) is 11.0. The minimum Gasteiger partial charge on any atom is -0.406 e. The minimum absolute atomic E-state index is 0.0943. The molecule has 5 nitrogen and oxygen atoms in total. The second-order valence-electron chi connectivity index (χ2n) is 6.23. The van der Waals surface area contributed by atoms with Crippen molar-refractivity contribution in [2.75, 3.05) is 11.9 Å². The summed E-state index contributed by atoms with van der Waals surface area (Å²) in [5.41, 5.74) is -0.115. The van der Waals surface area contributed by atoms with Gasteiger partial charge in [0.05, 0.1) is 0 Å². The molecule has 134 valence electrons. The number of amides is 2. The van der Waals surface area contributed by atoms with Crippen molar-refractivity contribution in [3.05, 3.63) is 24.3 Å². The molecule has 0 aliphatic carbocycles. The topological polar surface area (TPSA) is 67.4 Å². The number of halogens is 3. The summed E-state index contributed by atoms with van der Waals surface area (Å²) in [7, 11) is 0. The fourth-order valence-corrected chi connectivity index (χ4v) is 1.68. The van der Waals surface area contributed by atoms with Crippen LogP contribution in [0.3, 0.4) is 0 Å². The number of hydrogen-bond acceptors (Lipinski definition) is 3. The predicted molar refractivity (Wildman–Crippen MR) is 83.5 cm³/mol. The molecule has 0 aliphatic heterocycles. The number of benzene rings is 1. The van der Waals surface area contributed by atoms with Crippen LogP contribution in [0.1, 0.15) is 33.6 Å². The van der Waals surface area contributed by atoms with Gasteiger partial charge in [0.2, 0.25) is 11.8 Å². The van der Waals surface area contributed by atoms with Gasteiger partial charge in [0.1, 0.15) is 5.75 Å². The molecule has 1 aromatic rings. The smallest absolute Gasteiger partial charge is 0.406 e. The van der Waals surface area contributed by atoms with Crippen LogP contribution in [0.5, 0.6) is 5.75 Å². The Labute approximate surface area is 138 Å². The summed E-state index contributed by atoms with van der Waals surface area (Å²) in [6, 6.07) is 4.88. The molecule has 0 heterocycles. The number of ether oxygens (including phenoxy) is 1. The Morgan fingerprint density at radius 3 is 2.17 bits per heavy atom. The molecule has 0 radical (unpaired) electrons.